The fourth-order valence-electron chi connectivity index (χ4n) is 2.98. The van der Waals surface area contributed by atoms with E-state index < -0.39 is 47.3 Å². The first kappa shape index (κ1) is 17.5. The fraction of sp³-hybridized carbons (Fsp3) is 0.533. The summed E-state index contributed by atoms with van der Waals surface area (Å²) in [6.07, 6.45) is -6.59. The van der Waals surface area contributed by atoms with Crippen LogP contribution in [0.4, 0.5) is 17.6 Å². The second kappa shape index (κ2) is 5.36. The van der Waals surface area contributed by atoms with E-state index >= 15 is 0 Å². The van der Waals surface area contributed by atoms with Crippen LogP contribution in [-0.4, -0.2) is 34.1 Å². The van der Waals surface area contributed by atoms with Crippen molar-refractivity contribution in [3.8, 4) is 5.75 Å². The number of hydrogen-bond donors (Lipinski definition) is 2. The number of phenolic OH excluding ortho intramolecular Hbond substituents is 1. The van der Waals surface area contributed by atoms with E-state index in [1.807, 2.05) is 0 Å². The quantitative estimate of drug-likeness (QED) is 0.813. The highest BCUT2D eigenvalue weighted by Crippen LogP contribution is 2.54. The second-order valence-corrected chi connectivity index (χ2v) is 5.91. The van der Waals surface area contributed by atoms with Gasteiger partial charge in [-0.3, -0.25) is 0 Å². The molecule has 1 aliphatic rings. The number of ether oxygens (including phenoxy) is 1. The summed E-state index contributed by atoms with van der Waals surface area (Å²) in [5.41, 5.74) is -2.91. The van der Waals surface area contributed by atoms with Gasteiger partial charge in [-0.25, -0.2) is 9.18 Å². The molecule has 1 saturated heterocycles. The predicted molar refractivity (Wildman–Crippen MR) is 71.7 cm³/mol. The molecular weight excluding hydrogens is 320 g/mol. The Morgan fingerprint density at radius 2 is 1.91 bits per heavy atom. The number of benzene rings is 1. The molecule has 2 N–H and O–H groups in total. The lowest BCUT2D eigenvalue weighted by atomic mass is 9.76. The zero-order valence-electron chi connectivity index (χ0n) is 12.6. The van der Waals surface area contributed by atoms with Gasteiger partial charge in [0, 0.05) is 23.0 Å². The summed E-state index contributed by atoms with van der Waals surface area (Å²) in [5.74, 6) is -5.42. The summed E-state index contributed by atoms with van der Waals surface area (Å²) >= 11 is 0. The highest BCUT2D eigenvalue weighted by atomic mass is 19.4. The Kier molecular flexibility index (Phi) is 4.09. The van der Waals surface area contributed by atoms with E-state index in [2.05, 4.69) is 0 Å². The van der Waals surface area contributed by atoms with Gasteiger partial charge in [0.25, 0.3) is 0 Å². The topological polar surface area (TPSA) is 66.8 Å². The van der Waals surface area contributed by atoms with E-state index in [0.29, 0.717) is 0 Å². The van der Waals surface area contributed by atoms with Crippen LogP contribution in [0.25, 0.3) is 0 Å². The molecule has 23 heavy (non-hydrogen) atoms. The Bertz CT molecular complexity index is 643. The summed E-state index contributed by atoms with van der Waals surface area (Å²) in [4.78, 5) is 11.4. The van der Waals surface area contributed by atoms with Gasteiger partial charge in [0.2, 0.25) is 0 Å². The lowest BCUT2D eigenvalue weighted by molar-refractivity contribution is -0.273. The maximum atomic E-state index is 13.5. The number of halogens is 4. The number of carboxylic acids is 1. The van der Waals surface area contributed by atoms with Crippen molar-refractivity contribution in [2.24, 2.45) is 5.92 Å². The summed E-state index contributed by atoms with van der Waals surface area (Å²) in [5, 5.41) is 19.3. The van der Waals surface area contributed by atoms with Gasteiger partial charge in [-0.1, -0.05) is 13.0 Å². The van der Waals surface area contributed by atoms with Crippen molar-refractivity contribution < 1.29 is 37.3 Å². The van der Waals surface area contributed by atoms with Crippen molar-refractivity contribution >= 4 is 5.97 Å². The highest BCUT2D eigenvalue weighted by Gasteiger charge is 2.65. The van der Waals surface area contributed by atoms with Crippen LogP contribution in [0.2, 0.25) is 0 Å². The Labute approximate surface area is 129 Å². The van der Waals surface area contributed by atoms with Crippen LogP contribution in [0.5, 0.6) is 5.75 Å². The van der Waals surface area contributed by atoms with Crippen LogP contribution in [0.3, 0.4) is 0 Å². The molecule has 0 amide bonds. The molecule has 4 atom stereocenters. The van der Waals surface area contributed by atoms with Crippen LogP contribution in [-0.2, 0) is 9.53 Å². The van der Waals surface area contributed by atoms with Crippen LogP contribution in [0.1, 0.15) is 30.9 Å². The highest BCUT2D eigenvalue weighted by molar-refractivity contribution is 5.75. The minimum Gasteiger partial charge on any atom is -0.507 e. The second-order valence-electron chi connectivity index (χ2n) is 5.91. The van der Waals surface area contributed by atoms with E-state index in [1.54, 1.807) is 0 Å². The van der Waals surface area contributed by atoms with E-state index in [0.717, 1.165) is 19.1 Å². The first-order chi connectivity index (χ1) is 10.4. The van der Waals surface area contributed by atoms with Crippen molar-refractivity contribution in [1.29, 1.82) is 0 Å². The average molecular weight is 336 g/mol. The zero-order chi connectivity index (χ0) is 17.7. The van der Waals surface area contributed by atoms with Crippen molar-refractivity contribution in [2.75, 3.05) is 0 Å². The van der Waals surface area contributed by atoms with Crippen LogP contribution in [0.15, 0.2) is 12.1 Å². The van der Waals surface area contributed by atoms with E-state index in [-0.39, 0.29) is 11.1 Å². The Balaban J connectivity index is 2.60. The molecule has 8 heteroatoms. The Morgan fingerprint density at radius 1 is 1.35 bits per heavy atom. The molecule has 1 fully saturated rings. The Morgan fingerprint density at radius 3 is 2.39 bits per heavy atom. The maximum absolute atomic E-state index is 13.5. The number of hydrogen-bond acceptors (Lipinski definition) is 3. The largest absolute Gasteiger partial charge is 0.507 e. The number of aromatic hydroxyl groups is 1. The summed E-state index contributed by atoms with van der Waals surface area (Å²) < 4.78 is 58.3. The fourth-order valence-corrected chi connectivity index (χ4v) is 2.98. The number of aliphatic carboxylic acids is 1. The maximum Gasteiger partial charge on any atom is 0.417 e. The van der Waals surface area contributed by atoms with Crippen LogP contribution >= 0.6 is 0 Å². The molecule has 1 heterocycles. The van der Waals surface area contributed by atoms with Gasteiger partial charge in [-0.15, -0.1) is 0 Å². The van der Waals surface area contributed by atoms with E-state index in [4.69, 9.17) is 4.74 Å². The third-order valence-corrected chi connectivity index (χ3v) is 4.67. The van der Waals surface area contributed by atoms with Gasteiger partial charge >= 0.3 is 12.1 Å². The van der Waals surface area contributed by atoms with Gasteiger partial charge in [0.05, 0.1) is 0 Å². The third-order valence-electron chi connectivity index (χ3n) is 4.67. The van der Waals surface area contributed by atoms with Crippen LogP contribution in [0, 0.1) is 18.7 Å². The minimum absolute atomic E-state index is 0.0724. The van der Waals surface area contributed by atoms with Gasteiger partial charge in [-0.05, 0) is 19.9 Å². The molecule has 0 bridgehead atoms. The molecule has 4 nitrogen and oxygen atoms in total. The minimum atomic E-state index is -4.79. The Hall–Kier alpha value is -1.83. The van der Waals surface area contributed by atoms with E-state index in [9.17, 15) is 32.6 Å². The molecule has 2 rings (SSSR count). The lowest BCUT2D eigenvalue weighted by Crippen LogP contribution is -2.47. The molecule has 1 aromatic rings. The number of rotatable bonds is 2. The SMILES string of the molecule is Cc1c(F)ccc([C@H]2[C@H](C(=O)O)O[C@@](C)(C(F)(F)F)[C@H]2C)c1O. The number of carboxylic acid groups (broad SMARTS) is 1. The van der Waals surface area contributed by atoms with Crippen molar-refractivity contribution in [3.05, 3.63) is 29.1 Å². The molecule has 0 aliphatic carbocycles. The molecule has 1 aliphatic heterocycles. The number of carbonyl (C=O) groups is 1. The number of alkyl halides is 3. The predicted octanol–water partition coefficient (Wildman–Crippen LogP) is 3.36. The molecule has 0 saturated carbocycles. The van der Waals surface area contributed by atoms with Gasteiger partial charge in [0.1, 0.15) is 11.6 Å². The molecular formula is C15H16F4O4. The van der Waals surface area contributed by atoms with Gasteiger partial charge < -0.3 is 14.9 Å². The molecule has 1 aromatic carbocycles. The summed E-state index contributed by atoms with van der Waals surface area (Å²) in [6.45, 7) is 3.24. The summed E-state index contributed by atoms with van der Waals surface area (Å²) in [6, 6.07) is 2.08. The van der Waals surface area contributed by atoms with Gasteiger partial charge in [0.15, 0.2) is 11.7 Å². The molecule has 0 spiro atoms. The van der Waals surface area contributed by atoms with E-state index in [1.165, 1.54) is 13.8 Å². The molecule has 0 radical (unpaired) electrons. The number of phenols is 1. The molecule has 128 valence electrons. The van der Waals surface area contributed by atoms with Crippen molar-refractivity contribution in [3.63, 3.8) is 0 Å². The standard InChI is InChI=1S/C15H16F4O4/c1-6-9(16)5-4-8(11(6)20)10-7(2)14(3,15(17,18)19)23-12(10)13(21)22/h4-5,7,10,12,20H,1-3H3,(H,21,22)/t7-,10-,12+,14+/m0/s1. The zero-order valence-corrected chi connectivity index (χ0v) is 12.6. The van der Waals surface area contributed by atoms with Gasteiger partial charge in [-0.2, -0.15) is 13.2 Å². The van der Waals surface area contributed by atoms with Crippen LogP contribution < -0.4 is 0 Å². The molecule has 0 unspecified atom stereocenters. The lowest BCUT2D eigenvalue weighted by Gasteiger charge is -2.31. The van der Waals surface area contributed by atoms with Crippen molar-refractivity contribution in [1.82, 2.24) is 0 Å². The monoisotopic (exact) mass is 336 g/mol. The smallest absolute Gasteiger partial charge is 0.417 e. The molecule has 0 aromatic heterocycles. The van der Waals surface area contributed by atoms with Crippen molar-refractivity contribution in [2.45, 2.75) is 44.6 Å². The third kappa shape index (κ3) is 2.54. The summed E-state index contributed by atoms with van der Waals surface area (Å²) in [7, 11) is 0. The first-order valence-electron chi connectivity index (χ1n) is 6.87. The normalized spacial score (nSPS) is 31.3. The first-order valence-corrected chi connectivity index (χ1v) is 6.87. The average Bonchev–Trinajstić information content (AvgIpc) is 2.71.